The Balaban J connectivity index is 2.53. The molecule has 3 nitrogen and oxygen atoms in total. The number of nitrogens with zero attached hydrogens (tertiary/aromatic N) is 2. The summed E-state index contributed by atoms with van der Waals surface area (Å²) in [5.74, 6) is 1.24. The Morgan fingerprint density at radius 3 is 2.44 bits per heavy atom. The molecule has 0 bridgehead atoms. The van der Waals surface area contributed by atoms with Gasteiger partial charge in [-0.3, -0.25) is 9.67 Å². The second-order valence-corrected chi connectivity index (χ2v) is 5.77. The maximum atomic E-state index is 6.01. The van der Waals surface area contributed by atoms with Crippen LogP contribution in [-0.2, 0) is 6.54 Å². The number of aromatic nitrogens is 3. The first-order valence-electron chi connectivity index (χ1n) is 5.59. The summed E-state index contributed by atoms with van der Waals surface area (Å²) >= 11 is 17.3. The van der Waals surface area contributed by atoms with Crippen molar-refractivity contribution in [1.82, 2.24) is 14.8 Å². The Morgan fingerprint density at radius 1 is 1.28 bits per heavy atom. The predicted molar refractivity (Wildman–Crippen MR) is 77.7 cm³/mol. The molecule has 2 aromatic rings. The van der Waals surface area contributed by atoms with Crippen molar-refractivity contribution in [2.45, 2.75) is 20.4 Å². The van der Waals surface area contributed by atoms with E-state index in [2.05, 4.69) is 24.0 Å². The number of hydrogen-bond acceptors (Lipinski definition) is 2. The monoisotopic (exact) mass is 301 g/mol. The fourth-order valence-corrected chi connectivity index (χ4v) is 2.49. The smallest absolute Gasteiger partial charge is 0.195 e. The largest absolute Gasteiger partial charge is 0.300 e. The van der Waals surface area contributed by atoms with Crippen LogP contribution in [0.5, 0.6) is 0 Å². The van der Waals surface area contributed by atoms with Crippen LogP contribution in [0.15, 0.2) is 18.2 Å². The van der Waals surface area contributed by atoms with Gasteiger partial charge in [0.15, 0.2) is 10.6 Å². The number of nitrogens with one attached hydrogen (secondary N) is 1. The lowest BCUT2D eigenvalue weighted by atomic mass is 10.2. The quantitative estimate of drug-likeness (QED) is 0.843. The van der Waals surface area contributed by atoms with Gasteiger partial charge in [-0.1, -0.05) is 37.0 Å². The van der Waals surface area contributed by atoms with E-state index in [1.54, 1.807) is 6.07 Å². The Kier molecular flexibility index (Phi) is 4.10. The van der Waals surface area contributed by atoms with E-state index in [1.807, 2.05) is 16.7 Å². The summed E-state index contributed by atoms with van der Waals surface area (Å²) in [6, 6.07) is 5.35. The maximum absolute atomic E-state index is 6.01. The van der Waals surface area contributed by atoms with E-state index in [0.717, 1.165) is 17.9 Å². The molecule has 96 valence electrons. The predicted octanol–water partition coefficient (Wildman–Crippen LogP) is 4.57. The van der Waals surface area contributed by atoms with Gasteiger partial charge in [0.05, 0.1) is 0 Å². The number of aromatic amines is 1. The Bertz CT molecular complexity index is 596. The molecular weight excluding hydrogens is 289 g/mol. The number of benzene rings is 1. The van der Waals surface area contributed by atoms with Crippen molar-refractivity contribution in [3.05, 3.63) is 33.0 Å². The minimum absolute atomic E-state index is 0.475. The highest BCUT2D eigenvalue weighted by Crippen LogP contribution is 2.26. The number of H-pyrrole nitrogens is 1. The van der Waals surface area contributed by atoms with Gasteiger partial charge in [0.1, 0.15) is 0 Å². The molecule has 0 atom stereocenters. The average molecular weight is 302 g/mol. The van der Waals surface area contributed by atoms with Crippen molar-refractivity contribution in [3.63, 3.8) is 0 Å². The highest BCUT2D eigenvalue weighted by atomic mass is 35.5. The van der Waals surface area contributed by atoms with Crippen LogP contribution in [0.1, 0.15) is 13.8 Å². The Labute approximate surface area is 121 Å². The molecule has 1 aromatic carbocycles. The first kappa shape index (κ1) is 13.6. The molecule has 0 amide bonds. The van der Waals surface area contributed by atoms with Crippen molar-refractivity contribution in [1.29, 1.82) is 0 Å². The normalized spacial score (nSPS) is 11.2. The van der Waals surface area contributed by atoms with Gasteiger partial charge in [-0.15, -0.1) is 0 Å². The molecule has 0 saturated carbocycles. The van der Waals surface area contributed by atoms with E-state index in [-0.39, 0.29) is 0 Å². The molecule has 1 heterocycles. The summed E-state index contributed by atoms with van der Waals surface area (Å²) < 4.78 is 2.57. The van der Waals surface area contributed by atoms with E-state index < -0.39 is 0 Å². The van der Waals surface area contributed by atoms with Crippen LogP contribution < -0.4 is 0 Å². The molecule has 0 fully saturated rings. The third-order valence-electron chi connectivity index (χ3n) is 2.43. The lowest BCUT2D eigenvalue weighted by molar-refractivity contribution is 0.521. The molecule has 0 saturated heterocycles. The van der Waals surface area contributed by atoms with Crippen LogP contribution in [0.25, 0.3) is 11.4 Å². The summed E-state index contributed by atoms with van der Waals surface area (Å²) in [6.45, 7) is 5.06. The fraction of sp³-hybridized carbons (Fsp3) is 0.333. The summed E-state index contributed by atoms with van der Waals surface area (Å²) in [5, 5.41) is 8.23. The minimum Gasteiger partial charge on any atom is -0.300 e. The van der Waals surface area contributed by atoms with Crippen molar-refractivity contribution >= 4 is 35.4 Å². The SMILES string of the molecule is CC(C)Cn1c(-c2cc(Cl)cc(Cl)c2)n[nH]c1=S. The number of rotatable bonds is 3. The number of hydrogen-bond donors (Lipinski definition) is 1. The van der Waals surface area contributed by atoms with E-state index in [4.69, 9.17) is 35.4 Å². The second-order valence-electron chi connectivity index (χ2n) is 4.51. The van der Waals surface area contributed by atoms with E-state index >= 15 is 0 Å². The zero-order valence-electron chi connectivity index (χ0n) is 10.1. The third-order valence-corrected chi connectivity index (χ3v) is 3.17. The Morgan fingerprint density at radius 2 is 1.89 bits per heavy atom. The van der Waals surface area contributed by atoms with Crippen LogP contribution >= 0.6 is 35.4 Å². The molecular formula is C12H13Cl2N3S. The Hall–Kier alpha value is -0.840. The lowest BCUT2D eigenvalue weighted by Gasteiger charge is -2.09. The lowest BCUT2D eigenvalue weighted by Crippen LogP contribution is -2.06. The molecule has 0 unspecified atom stereocenters. The van der Waals surface area contributed by atoms with Crippen molar-refractivity contribution < 1.29 is 0 Å². The fourth-order valence-electron chi connectivity index (χ4n) is 1.76. The van der Waals surface area contributed by atoms with Gasteiger partial charge in [0, 0.05) is 22.2 Å². The van der Waals surface area contributed by atoms with Crippen LogP contribution in [0.3, 0.4) is 0 Å². The van der Waals surface area contributed by atoms with E-state index in [0.29, 0.717) is 20.7 Å². The van der Waals surface area contributed by atoms with Crippen LogP contribution in [-0.4, -0.2) is 14.8 Å². The standard InChI is InChI=1S/C12H13Cl2N3S/c1-7(2)6-17-11(15-16-12(17)18)8-3-9(13)5-10(14)4-8/h3-5,7H,6H2,1-2H3,(H,16,18). The van der Waals surface area contributed by atoms with Crippen LogP contribution in [0, 0.1) is 10.7 Å². The molecule has 0 spiro atoms. The highest BCUT2D eigenvalue weighted by molar-refractivity contribution is 7.71. The molecule has 1 aromatic heterocycles. The summed E-state index contributed by atoms with van der Waals surface area (Å²) in [6.07, 6.45) is 0. The van der Waals surface area contributed by atoms with Gasteiger partial charge in [0.2, 0.25) is 0 Å². The molecule has 0 aliphatic rings. The van der Waals surface area contributed by atoms with Gasteiger partial charge in [-0.05, 0) is 36.3 Å². The zero-order chi connectivity index (χ0) is 13.3. The van der Waals surface area contributed by atoms with Crippen LogP contribution in [0.2, 0.25) is 10.0 Å². The molecule has 0 aliphatic heterocycles. The third kappa shape index (κ3) is 2.94. The summed E-state index contributed by atoms with van der Waals surface area (Å²) in [5.41, 5.74) is 0.862. The minimum atomic E-state index is 0.475. The van der Waals surface area contributed by atoms with E-state index in [9.17, 15) is 0 Å². The number of halogens is 2. The van der Waals surface area contributed by atoms with Gasteiger partial charge in [-0.25, -0.2) is 0 Å². The van der Waals surface area contributed by atoms with Gasteiger partial charge < -0.3 is 0 Å². The van der Waals surface area contributed by atoms with Crippen molar-refractivity contribution in [3.8, 4) is 11.4 Å². The molecule has 18 heavy (non-hydrogen) atoms. The van der Waals surface area contributed by atoms with Gasteiger partial charge >= 0.3 is 0 Å². The first-order chi connectivity index (χ1) is 8.47. The summed E-state index contributed by atoms with van der Waals surface area (Å²) in [4.78, 5) is 0. The summed E-state index contributed by atoms with van der Waals surface area (Å²) in [7, 11) is 0. The average Bonchev–Trinajstić information content (AvgIpc) is 2.58. The van der Waals surface area contributed by atoms with Gasteiger partial charge in [-0.2, -0.15) is 5.10 Å². The van der Waals surface area contributed by atoms with Crippen molar-refractivity contribution in [2.24, 2.45) is 5.92 Å². The zero-order valence-corrected chi connectivity index (χ0v) is 12.4. The van der Waals surface area contributed by atoms with Crippen molar-refractivity contribution in [2.75, 3.05) is 0 Å². The second kappa shape index (κ2) is 5.43. The van der Waals surface area contributed by atoms with E-state index in [1.165, 1.54) is 0 Å². The molecule has 6 heteroatoms. The first-order valence-corrected chi connectivity index (χ1v) is 6.75. The molecule has 0 radical (unpaired) electrons. The van der Waals surface area contributed by atoms with Gasteiger partial charge in [0.25, 0.3) is 0 Å². The highest BCUT2D eigenvalue weighted by Gasteiger charge is 2.11. The molecule has 2 rings (SSSR count). The molecule has 1 N–H and O–H groups in total. The maximum Gasteiger partial charge on any atom is 0.195 e. The molecule has 0 aliphatic carbocycles. The topological polar surface area (TPSA) is 33.6 Å². The van der Waals surface area contributed by atoms with Crippen LogP contribution in [0.4, 0.5) is 0 Å².